The Kier molecular flexibility index (Phi) is 3.45. The lowest BCUT2D eigenvalue weighted by atomic mass is 10.1. The molecule has 0 aliphatic rings. The molecule has 0 N–H and O–H groups in total. The van der Waals surface area contributed by atoms with Gasteiger partial charge in [-0.15, -0.1) is 0 Å². The summed E-state index contributed by atoms with van der Waals surface area (Å²) in [6.45, 7) is 6.79. The van der Waals surface area contributed by atoms with Gasteiger partial charge in [-0.2, -0.15) is 0 Å². The number of hydrogen-bond donors (Lipinski definition) is 0. The lowest BCUT2D eigenvalue weighted by Crippen LogP contribution is -2.01. The molecule has 0 saturated carbocycles. The number of aromatic nitrogens is 2. The van der Waals surface area contributed by atoms with Crippen molar-refractivity contribution < 1.29 is 0 Å². The van der Waals surface area contributed by atoms with Gasteiger partial charge in [-0.1, -0.05) is 58.9 Å². The van der Waals surface area contributed by atoms with E-state index >= 15 is 0 Å². The van der Waals surface area contributed by atoms with E-state index in [9.17, 15) is 0 Å². The molecule has 0 aliphatic heterocycles. The first-order valence-electron chi connectivity index (χ1n) is 6.51. The highest BCUT2D eigenvalue weighted by Gasteiger charge is 2.13. The highest BCUT2D eigenvalue weighted by Crippen LogP contribution is 2.28. The number of para-hydroxylation sites is 2. The highest BCUT2D eigenvalue weighted by molar-refractivity contribution is 9.11. The van der Waals surface area contributed by atoms with E-state index in [0.717, 1.165) is 26.9 Å². The molecule has 1 heterocycles. The molecule has 0 fully saturated rings. The third kappa shape index (κ3) is 2.29. The molecule has 2 aromatic carbocycles. The number of hydrogen-bond acceptors (Lipinski definition) is 1. The van der Waals surface area contributed by atoms with Crippen molar-refractivity contribution in [2.45, 2.75) is 13.5 Å². The first kappa shape index (κ1) is 13.1. The maximum atomic E-state index is 4.80. The van der Waals surface area contributed by atoms with Crippen molar-refractivity contribution in [3.63, 3.8) is 0 Å². The van der Waals surface area contributed by atoms with Crippen LogP contribution in [0, 0.1) is 6.92 Å². The largest absolute Gasteiger partial charge is 0.319 e. The monoisotopic (exact) mass is 326 g/mol. The molecule has 0 saturated heterocycles. The van der Waals surface area contributed by atoms with Crippen LogP contribution in [0.4, 0.5) is 0 Å². The van der Waals surface area contributed by atoms with Gasteiger partial charge in [0.25, 0.3) is 0 Å². The first-order valence-corrected chi connectivity index (χ1v) is 7.30. The Labute approximate surface area is 126 Å². The maximum absolute atomic E-state index is 4.80. The van der Waals surface area contributed by atoms with Gasteiger partial charge in [0.2, 0.25) is 0 Å². The zero-order valence-electron chi connectivity index (χ0n) is 11.3. The molecule has 3 heteroatoms. The van der Waals surface area contributed by atoms with Crippen LogP contribution in [0.1, 0.15) is 5.56 Å². The number of aryl methyl sites for hydroxylation is 1. The van der Waals surface area contributed by atoms with E-state index in [0.29, 0.717) is 6.54 Å². The molecule has 0 atom stereocenters. The van der Waals surface area contributed by atoms with Crippen LogP contribution >= 0.6 is 15.9 Å². The Morgan fingerprint density at radius 2 is 1.85 bits per heavy atom. The summed E-state index contributed by atoms with van der Waals surface area (Å²) < 4.78 is 3.14. The van der Waals surface area contributed by atoms with Crippen LogP contribution in [0.2, 0.25) is 0 Å². The van der Waals surface area contributed by atoms with Gasteiger partial charge in [-0.25, -0.2) is 4.98 Å². The lowest BCUT2D eigenvalue weighted by molar-refractivity contribution is 0.854. The Hall–Kier alpha value is -1.87. The van der Waals surface area contributed by atoms with Crippen molar-refractivity contribution >= 4 is 27.0 Å². The third-order valence-corrected chi connectivity index (χ3v) is 3.62. The maximum Gasteiger partial charge on any atom is 0.141 e. The van der Waals surface area contributed by atoms with Gasteiger partial charge < -0.3 is 4.57 Å². The molecule has 0 unspecified atom stereocenters. The fourth-order valence-corrected chi connectivity index (χ4v) is 2.69. The SMILES string of the molecule is C=C(Br)Cn1c(-c2ccccc2C)nc2ccccc21. The molecular weight excluding hydrogens is 312 g/mol. The fourth-order valence-electron chi connectivity index (χ4n) is 2.44. The predicted molar refractivity (Wildman–Crippen MR) is 88.0 cm³/mol. The summed E-state index contributed by atoms with van der Waals surface area (Å²) in [6.07, 6.45) is 0. The summed E-state index contributed by atoms with van der Waals surface area (Å²) in [6, 6.07) is 16.5. The van der Waals surface area contributed by atoms with E-state index in [-0.39, 0.29) is 0 Å². The Morgan fingerprint density at radius 1 is 1.15 bits per heavy atom. The van der Waals surface area contributed by atoms with Gasteiger partial charge in [0.15, 0.2) is 0 Å². The molecule has 0 spiro atoms. The van der Waals surface area contributed by atoms with Crippen molar-refractivity contribution in [1.82, 2.24) is 9.55 Å². The average molecular weight is 327 g/mol. The molecule has 0 amide bonds. The normalized spacial score (nSPS) is 10.9. The van der Waals surface area contributed by atoms with Crippen LogP contribution in [-0.4, -0.2) is 9.55 Å². The van der Waals surface area contributed by atoms with Gasteiger partial charge >= 0.3 is 0 Å². The minimum absolute atomic E-state index is 0.712. The number of imidazole rings is 1. The van der Waals surface area contributed by atoms with E-state index in [1.54, 1.807) is 0 Å². The number of fused-ring (bicyclic) bond motifs is 1. The number of allylic oxidation sites excluding steroid dienone is 1. The highest BCUT2D eigenvalue weighted by atomic mass is 79.9. The van der Waals surface area contributed by atoms with E-state index in [4.69, 9.17) is 4.98 Å². The minimum atomic E-state index is 0.712. The summed E-state index contributed by atoms with van der Waals surface area (Å²) >= 11 is 3.46. The number of rotatable bonds is 3. The van der Waals surface area contributed by atoms with E-state index in [2.05, 4.69) is 64.3 Å². The van der Waals surface area contributed by atoms with Gasteiger partial charge in [0.05, 0.1) is 17.6 Å². The van der Waals surface area contributed by atoms with Crippen molar-refractivity contribution in [1.29, 1.82) is 0 Å². The van der Waals surface area contributed by atoms with E-state index < -0.39 is 0 Å². The van der Waals surface area contributed by atoms with Gasteiger partial charge in [-0.3, -0.25) is 0 Å². The zero-order valence-corrected chi connectivity index (χ0v) is 12.9. The summed E-state index contributed by atoms with van der Waals surface area (Å²) in [5, 5.41) is 0. The first-order chi connectivity index (χ1) is 9.66. The summed E-state index contributed by atoms with van der Waals surface area (Å²) in [7, 11) is 0. The molecule has 0 aliphatic carbocycles. The Balaban J connectivity index is 2.29. The van der Waals surface area contributed by atoms with Crippen LogP contribution in [0.25, 0.3) is 22.4 Å². The summed E-state index contributed by atoms with van der Waals surface area (Å²) in [4.78, 5) is 4.80. The van der Waals surface area contributed by atoms with Crippen molar-refractivity contribution in [3.05, 3.63) is 65.2 Å². The molecule has 0 bridgehead atoms. The minimum Gasteiger partial charge on any atom is -0.319 e. The topological polar surface area (TPSA) is 17.8 Å². The number of halogens is 1. The van der Waals surface area contributed by atoms with Crippen LogP contribution in [0.15, 0.2) is 59.6 Å². The molecule has 100 valence electrons. The second-order valence-electron chi connectivity index (χ2n) is 4.84. The molecule has 1 aromatic heterocycles. The molecule has 0 radical (unpaired) electrons. The van der Waals surface area contributed by atoms with Crippen LogP contribution in [0.3, 0.4) is 0 Å². The van der Waals surface area contributed by atoms with Crippen LogP contribution in [-0.2, 0) is 6.54 Å². The van der Waals surface area contributed by atoms with Gasteiger partial charge in [-0.05, 0) is 24.6 Å². The molecule has 20 heavy (non-hydrogen) atoms. The van der Waals surface area contributed by atoms with Crippen LogP contribution in [0.5, 0.6) is 0 Å². The predicted octanol–water partition coefficient (Wildman–Crippen LogP) is 4.92. The van der Waals surface area contributed by atoms with Crippen molar-refractivity contribution in [2.24, 2.45) is 0 Å². The molecule has 3 aromatic rings. The molecule has 2 nitrogen and oxygen atoms in total. The standard InChI is InChI=1S/C17H15BrN2/c1-12-7-3-4-8-14(12)17-19-15-9-5-6-10-16(15)20(17)11-13(2)18/h3-10H,2,11H2,1H3. The summed E-state index contributed by atoms with van der Waals surface area (Å²) in [5.74, 6) is 0.991. The second-order valence-corrected chi connectivity index (χ2v) is 5.96. The quantitative estimate of drug-likeness (QED) is 0.668. The lowest BCUT2D eigenvalue weighted by Gasteiger charge is -2.10. The smallest absolute Gasteiger partial charge is 0.141 e. The summed E-state index contributed by atoms with van der Waals surface area (Å²) in [5.41, 5.74) is 4.53. The van der Waals surface area contributed by atoms with Gasteiger partial charge in [0.1, 0.15) is 5.82 Å². The van der Waals surface area contributed by atoms with Crippen LogP contribution < -0.4 is 0 Å². The molecular formula is C17H15BrN2. The fraction of sp³-hybridized carbons (Fsp3) is 0.118. The van der Waals surface area contributed by atoms with E-state index in [1.807, 2.05) is 18.2 Å². The van der Waals surface area contributed by atoms with E-state index in [1.165, 1.54) is 5.56 Å². The Morgan fingerprint density at radius 3 is 2.60 bits per heavy atom. The van der Waals surface area contributed by atoms with Crippen molar-refractivity contribution in [3.8, 4) is 11.4 Å². The number of benzene rings is 2. The second kappa shape index (κ2) is 5.25. The zero-order chi connectivity index (χ0) is 14.1. The number of nitrogens with zero attached hydrogens (tertiary/aromatic N) is 2. The van der Waals surface area contributed by atoms with Crippen molar-refractivity contribution in [2.75, 3.05) is 0 Å². The molecule has 3 rings (SSSR count). The Bertz CT molecular complexity index is 787. The average Bonchev–Trinajstić information content (AvgIpc) is 2.78. The van der Waals surface area contributed by atoms with Gasteiger partial charge in [0, 0.05) is 10.0 Å². The third-order valence-electron chi connectivity index (χ3n) is 3.37.